The van der Waals surface area contributed by atoms with Crippen molar-refractivity contribution in [2.75, 3.05) is 22.1 Å². The summed E-state index contributed by atoms with van der Waals surface area (Å²) in [7, 11) is 0. The van der Waals surface area contributed by atoms with Crippen LogP contribution in [0.25, 0.3) is 0 Å². The van der Waals surface area contributed by atoms with E-state index in [2.05, 4.69) is 35.7 Å². The van der Waals surface area contributed by atoms with Crippen LogP contribution in [-0.4, -0.2) is 30.3 Å². The highest BCUT2D eigenvalue weighted by molar-refractivity contribution is 6.05. The number of ketones is 1. The summed E-state index contributed by atoms with van der Waals surface area (Å²) in [4.78, 5) is 54.7. The zero-order valence-corrected chi connectivity index (χ0v) is 33.2. The quantitative estimate of drug-likeness (QED) is 0.0408. The van der Waals surface area contributed by atoms with Gasteiger partial charge in [0.1, 0.15) is 17.8 Å². The second-order valence-corrected chi connectivity index (χ2v) is 14.8. The highest BCUT2D eigenvalue weighted by Gasteiger charge is 2.48. The van der Waals surface area contributed by atoms with Gasteiger partial charge in [-0.1, -0.05) is 80.8 Å². The van der Waals surface area contributed by atoms with Crippen molar-refractivity contribution in [1.29, 1.82) is 0 Å². The van der Waals surface area contributed by atoms with Crippen molar-refractivity contribution in [3.05, 3.63) is 119 Å². The fourth-order valence-corrected chi connectivity index (χ4v) is 7.25. The molecular formula is C47H53N3O6. The maximum absolute atomic E-state index is 13.9. The molecule has 3 unspecified atom stereocenters. The third kappa shape index (κ3) is 10.4. The summed E-state index contributed by atoms with van der Waals surface area (Å²) < 4.78 is 11.3. The summed E-state index contributed by atoms with van der Waals surface area (Å²) >= 11 is 0. The summed E-state index contributed by atoms with van der Waals surface area (Å²) in [5.74, 6) is -0.367. The lowest BCUT2D eigenvalue weighted by Crippen LogP contribution is -2.46. The first kappa shape index (κ1) is 41.3. The first-order valence-corrected chi connectivity index (χ1v) is 19.5. The predicted molar refractivity (Wildman–Crippen MR) is 222 cm³/mol. The van der Waals surface area contributed by atoms with Gasteiger partial charge in [0.05, 0.1) is 0 Å². The number of carbonyl (C=O) groups excluding carboxylic acids is 4. The lowest BCUT2D eigenvalue weighted by molar-refractivity contribution is -0.154. The molecule has 0 aliphatic heterocycles. The van der Waals surface area contributed by atoms with E-state index in [-0.39, 0.29) is 36.6 Å². The van der Waals surface area contributed by atoms with E-state index in [1.165, 1.54) is 0 Å². The Labute approximate surface area is 331 Å². The van der Waals surface area contributed by atoms with Crippen molar-refractivity contribution in [2.45, 2.75) is 92.1 Å². The van der Waals surface area contributed by atoms with E-state index in [9.17, 15) is 19.2 Å². The Kier molecular flexibility index (Phi) is 14.1. The lowest BCUT2D eigenvalue weighted by Gasteiger charge is -2.33. The van der Waals surface area contributed by atoms with E-state index in [4.69, 9.17) is 15.9 Å². The SMILES string of the molecule is C#CN(CC)c1ccc(NC(=O)OCc2ccc(OC(=O)C3(Cc4ccc(C(CC)CC(C)C(=O)Nc5ccc(C)cc5)cc4)CCCCC3=O)cc2)c(C)c1. The third-order valence-corrected chi connectivity index (χ3v) is 10.8. The van der Waals surface area contributed by atoms with Gasteiger partial charge in [0.2, 0.25) is 5.91 Å². The average Bonchev–Trinajstić information content (AvgIpc) is 3.20. The minimum Gasteiger partial charge on any atom is -0.444 e. The molecule has 4 aromatic rings. The van der Waals surface area contributed by atoms with Crippen LogP contribution in [-0.2, 0) is 32.1 Å². The standard InChI is InChI=1S/C47H53N3O6/c1-7-37(28-34(6)44(52)48-39-21-13-32(4)14-22-39)38-19-15-35(16-20-38)30-47(27-11-10-12-43(47)51)45(53)56-41-24-17-36(18-25-41)31-55-46(54)49-42-26-23-40(29-33(42)5)50(8-2)9-3/h2,13-26,29,34,37H,7,9-12,27-28,30-31H2,1,3-6H3,(H,48,52)(H,49,54). The Morgan fingerprint density at radius 3 is 2.21 bits per heavy atom. The average molecular weight is 756 g/mol. The zero-order valence-electron chi connectivity index (χ0n) is 33.2. The Morgan fingerprint density at radius 2 is 1.59 bits per heavy atom. The molecule has 9 heteroatoms. The van der Waals surface area contributed by atoms with E-state index in [1.54, 1.807) is 35.2 Å². The second-order valence-electron chi connectivity index (χ2n) is 14.8. The Hall–Kier alpha value is -5.88. The molecule has 292 valence electrons. The molecular weight excluding hydrogens is 703 g/mol. The Morgan fingerprint density at radius 1 is 0.893 bits per heavy atom. The molecule has 0 heterocycles. The number of hydrogen-bond donors (Lipinski definition) is 2. The fourth-order valence-electron chi connectivity index (χ4n) is 7.25. The van der Waals surface area contributed by atoms with Crippen LogP contribution in [0.1, 0.15) is 93.0 Å². The van der Waals surface area contributed by atoms with Crippen LogP contribution < -0.4 is 20.3 Å². The van der Waals surface area contributed by atoms with Crippen LogP contribution in [0.5, 0.6) is 5.75 Å². The lowest BCUT2D eigenvalue weighted by atomic mass is 9.69. The molecule has 1 saturated carbocycles. The molecule has 0 bridgehead atoms. The Balaban J connectivity index is 1.17. The van der Waals surface area contributed by atoms with Crippen molar-refractivity contribution in [3.8, 4) is 18.2 Å². The number of hydrogen-bond acceptors (Lipinski definition) is 7. The van der Waals surface area contributed by atoms with E-state index >= 15 is 0 Å². The molecule has 3 atom stereocenters. The number of nitrogens with zero attached hydrogens (tertiary/aromatic N) is 1. The molecule has 0 radical (unpaired) electrons. The largest absolute Gasteiger partial charge is 0.444 e. The van der Waals surface area contributed by atoms with Gasteiger partial charge in [-0.15, -0.1) is 0 Å². The fraction of sp³-hybridized carbons (Fsp3) is 0.362. The van der Waals surface area contributed by atoms with Gasteiger partial charge in [-0.3, -0.25) is 19.7 Å². The number of anilines is 3. The van der Waals surface area contributed by atoms with Gasteiger partial charge in [-0.05, 0) is 124 Å². The minimum absolute atomic E-state index is 0.00867. The number of Topliss-reactive ketones (excluding diaryl/α,β-unsaturated/α-hetero) is 1. The van der Waals surface area contributed by atoms with Gasteiger partial charge >= 0.3 is 12.1 Å². The van der Waals surface area contributed by atoms with Crippen LogP contribution >= 0.6 is 0 Å². The number of aryl methyl sites for hydroxylation is 2. The summed E-state index contributed by atoms with van der Waals surface area (Å²) in [5, 5.41) is 5.80. The maximum Gasteiger partial charge on any atom is 0.411 e. The highest BCUT2D eigenvalue weighted by Crippen LogP contribution is 2.39. The van der Waals surface area contributed by atoms with E-state index in [0.29, 0.717) is 42.8 Å². The number of terminal acetylenes is 1. The molecule has 1 fully saturated rings. The summed E-state index contributed by atoms with van der Waals surface area (Å²) in [5.41, 5.74) is 5.68. The molecule has 0 spiro atoms. The molecule has 2 amide bonds. The first-order chi connectivity index (χ1) is 26.9. The van der Waals surface area contributed by atoms with Gasteiger partial charge in [0, 0.05) is 42.0 Å². The number of amides is 2. The van der Waals surface area contributed by atoms with Gasteiger partial charge in [-0.25, -0.2) is 4.79 Å². The molecule has 1 aliphatic rings. The van der Waals surface area contributed by atoms with Crippen molar-refractivity contribution >= 4 is 40.8 Å². The van der Waals surface area contributed by atoms with Gasteiger partial charge in [0.25, 0.3) is 0 Å². The van der Waals surface area contributed by atoms with E-state index in [0.717, 1.165) is 52.9 Å². The smallest absolute Gasteiger partial charge is 0.411 e. The number of nitrogens with one attached hydrogen (secondary N) is 2. The highest BCUT2D eigenvalue weighted by atomic mass is 16.5. The topological polar surface area (TPSA) is 114 Å². The van der Waals surface area contributed by atoms with E-state index < -0.39 is 17.5 Å². The van der Waals surface area contributed by atoms with Crippen molar-refractivity contribution in [1.82, 2.24) is 0 Å². The predicted octanol–water partition coefficient (Wildman–Crippen LogP) is 9.91. The van der Waals surface area contributed by atoms with Crippen LogP contribution in [0.4, 0.5) is 21.9 Å². The van der Waals surface area contributed by atoms with Crippen LogP contribution in [0.3, 0.4) is 0 Å². The van der Waals surface area contributed by atoms with Gasteiger partial charge in [-0.2, -0.15) is 0 Å². The molecule has 0 saturated heterocycles. The van der Waals surface area contributed by atoms with Crippen molar-refractivity contribution in [2.24, 2.45) is 11.3 Å². The molecule has 5 rings (SSSR count). The monoisotopic (exact) mass is 755 g/mol. The summed E-state index contributed by atoms with van der Waals surface area (Å²) in [6.07, 6.45) is 9.04. The van der Waals surface area contributed by atoms with Crippen LogP contribution in [0.15, 0.2) is 91.0 Å². The Bertz CT molecular complexity index is 2030. The van der Waals surface area contributed by atoms with Crippen molar-refractivity contribution < 1.29 is 28.7 Å². The van der Waals surface area contributed by atoms with Gasteiger partial charge < -0.3 is 19.7 Å². The molecule has 1 aliphatic carbocycles. The number of benzene rings is 4. The number of rotatable bonds is 15. The number of carbonyl (C=O) groups is 4. The molecule has 4 aromatic carbocycles. The molecule has 9 nitrogen and oxygen atoms in total. The summed E-state index contributed by atoms with van der Waals surface area (Å²) in [6, 6.07) is 30.8. The van der Waals surface area contributed by atoms with Crippen LogP contribution in [0.2, 0.25) is 0 Å². The second kappa shape index (κ2) is 19.1. The minimum atomic E-state index is -1.28. The van der Waals surface area contributed by atoms with Crippen molar-refractivity contribution in [3.63, 3.8) is 0 Å². The van der Waals surface area contributed by atoms with Crippen LogP contribution in [0, 0.1) is 37.6 Å². The molecule has 2 N–H and O–H groups in total. The molecule has 0 aromatic heterocycles. The third-order valence-electron chi connectivity index (χ3n) is 10.8. The number of esters is 1. The summed E-state index contributed by atoms with van der Waals surface area (Å²) in [6.45, 7) is 10.6. The normalized spacial score (nSPS) is 16.2. The maximum atomic E-state index is 13.9. The molecule has 56 heavy (non-hydrogen) atoms. The zero-order chi connectivity index (χ0) is 40.2. The van der Waals surface area contributed by atoms with Gasteiger partial charge in [0.15, 0.2) is 5.78 Å². The number of ether oxygens (including phenoxy) is 2. The first-order valence-electron chi connectivity index (χ1n) is 19.5. The van der Waals surface area contributed by atoms with E-state index in [1.807, 2.05) is 76.2 Å².